The van der Waals surface area contributed by atoms with Gasteiger partial charge in [-0.05, 0) is 66.1 Å². The monoisotopic (exact) mass is 502 g/mol. The maximum atomic E-state index is 11.1. The standard InChI is InChI=1S/C31H50OS2/c1-27(2,3)20-15-21(28(4,5)6)17-22(16-20)33-31(13,14)34-23-18-24(29(7,8)9)26(32)25(19-23)30(10,11)12/h16-20,32H,15H2,1-14H3. The Morgan fingerprint density at radius 1 is 0.706 bits per heavy atom. The number of phenols is 1. The molecule has 1 nitrogen and oxygen atoms in total. The quantitative estimate of drug-likeness (QED) is 0.326. The fourth-order valence-corrected chi connectivity index (χ4v) is 6.98. The highest BCUT2D eigenvalue weighted by Crippen LogP contribution is 2.51. The third-order valence-corrected chi connectivity index (χ3v) is 9.07. The molecule has 0 aliphatic heterocycles. The van der Waals surface area contributed by atoms with Crippen LogP contribution in [0.3, 0.4) is 0 Å². The summed E-state index contributed by atoms with van der Waals surface area (Å²) in [5.74, 6) is 0.999. The SMILES string of the molecule is CC(C)(SC1=CC(C(C)(C)C)CC(C(C)(C)C)=C1)Sc1cc(C(C)(C)C)c(O)c(C(C)(C)C)c1. The van der Waals surface area contributed by atoms with Crippen molar-refractivity contribution in [1.29, 1.82) is 0 Å². The Morgan fingerprint density at radius 2 is 1.18 bits per heavy atom. The number of benzene rings is 1. The molecule has 1 N–H and O–H groups in total. The Hall–Kier alpha value is -0.800. The molecule has 0 amide bonds. The van der Waals surface area contributed by atoms with Gasteiger partial charge < -0.3 is 5.11 Å². The summed E-state index contributed by atoms with van der Waals surface area (Å²) in [5.41, 5.74) is 3.80. The summed E-state index contributed by atoms with van der Waals surface area (Å²) in [5, 5.41) is 11.1. The van der Waals surface area contributed by atoms with Crippen LogP contribution >= 0.6 is 23.5 Å². The lowest BCUT2D eigenvalue weighted by molar-refractivity contribution is 0.275. The summed E-state index contributed by atoms with van der Waals surface area (Å²) < 4.78 is -0.0492. The molecule has 34 heavy (non-hydrogen) atoms. The Balaban J connectivity index is 2.46. The molecule has 1 unspecified atom stereocenters. The first-order valence-corrected chi connectivity index (χ1v) is 14.3. The van der Waals surface area contributed by atoms with E-state index >= 15 is 0 Å². The summed E-state index contributed by atoms with van der Waals surface area (Å²) in [4.78, 5) is 2.62. The average molecular weight is 503 g/mol. The van der Waals surface area contributed by atoms with E-state index in [0.29, 0.717) is 11.7 Å². The van der Waals surface area contributed by atoms with Crippen molar-refractivity contribution in [1.82, 2.24) is 0 Å². The van der Waals surface area contributed by atoms with Gasteiger partial charge in [-0.3, -0.25) is 0 Å². The molecule has 1 aliphatic carbocycles. The van der Waals surface area contributed by atoms with Crippen molar-refractivity contribution < 1.29 is 5.11 Å². The van der Waals surface area contributed by atoms with Crippen molar-refractivity contribution in [2.75, 3.05) is 0 Å². The second-order valence-corrected chi connectivity index (χ2v) is 18.3. The van der Waals surface area contributed by atoms with Gasteiger partial charge in [-0.2, -0.15) is 0 Å². The first kappa shape index (κ1) is 29.4. The van der Waals surface area contributed by atoms with Crippen LogP contribution in [0.4, 0.5) is 0 Å². The van der Waals surface area contributed by atoms with Crippen molar-refractivity contribution in [3.63, 3.8) is 0 Å². The Morgan fingerprint density at radius 3 is 1.56 bits per heavy atom. The van der Waals surface area contributed by atoms with Gasteiger partial charge in [-0.1, -0.05) is 94.7 Å². The molecule has 0 spiro atoms. The molecule has 0 radical (unpaired) electrons. The Kier molecular flexibility index (Phi) is 8.29. The lowest BCUT2D eigenvalue weighted by Crippen LogP contribution is -2.25. The van der Waals surface area contributed by atoms with Gasteiger partial charge in [-0.15, -0.1) is 23.5 Å². The fraction of sp³-hybridized carbons (Fsp3) is 0.677. The van der Waals surface area contributed by atoms with E-state index in [1.807, 2.05) is 23.5 Å². The zero-order chi connectivity index (χ0) is 26.5. The van der Waals surface area contributed by atoms with E-state index in [9.17, 15) is 5.11 Å². The molecule has 3 heteroatoms. The van der Waals surface area contributed by atoms with Crippen LogP contribution in [-0.4, -0.2) is 9.19 Å². The van der Waals surface area contributed by atoms with Gasteiger partial charge in [0, 0.05) is 20.9 Å². The molecule has 2 rings (SSSR count). The molecular weight excluding hydrogens is 452 g/mol. The molecule has 0 bridgehead atoms. The molecule has 0 heterocycles. The maximum Gasteiger partial charge on any atom is 0.123 e. The van der Waals surface area contributed by atoms with E-state index in [1.54, 1.807) is 5.57 Å². The highest BCUT2D eigenvalue weighted by Gasteiger charge is 2.33. The molecule has 0 saturated heterocycles. The largest absolute Gasteiger partial charge is 0.507 e. The number of thioether (sulfide) groups is 2. The zero-order valence-corrected chi connectivity index (χ0v) is 26.0. The van der Waals surface area contributed by atoms with Gasteiger partial charge in [0.1, 0.15) is 5.75 Å². The van der Waals surface area contributed by atoms with Crippen LogP contribution in [0.5, 0.6) is 5.75 Å². The van der Waals surface area contributed by atoms with Crippen molar-refractivity contribution in [3.8, 4) is 5.75 Å². The molecular formula is C31H50OS2. The zero-order valence-electron chi connectivity index (χ0n) is 24.4. The molecule has 1 aromatic rings. The van der Waals surface area contributed by atoms with Crippen LogP contribution in [-0.2, 0) is 10.8 Å². The minimum Gasteiger partial charge on any atom is -0.507 e. The van der Waals surface area contributed by atoms with Gasteiger partial charge in [0.2, 0.25) is 0 Å². The topological polar surface area (TPSA) is 20.2 Å². The third-order valence-electron chi connectivity index (χ3n) is 6.62. The predicted octanol–water partition coefficient (Wildman–Crippen LogP) is 10.5. The third kappa shape index (κ3) is 7.60. The Labute approximate surface area is 219 Å². The van der Waals surface area contributed by atoms with Crippen molar-refractivity contribution in [2.24, 2.45) is 16.7 Å². The highest BCUT2D eigenvalue weighted by molar-refractivity contribution is 8.20. The minimum absolute atomic E-state index is 0.0492. The van der Waals surface area contributed by atoms with Gasteiger partial charge >= 0.3 is 0 Å². The second-order valence-electron chi connectivity index (χ2n) is 14.6. The van der Waals surface area contributed by atoms with Crippen molar-refractivity contribution in [2.45, 2.75) is 123 Å². The summed E-state index contributed by atoms with van der Waals surface area (Å²) in [6.45, 7) is 31.8. The number of rotatable bonds is 4. The van der Waals surface area contributed by atoms with E-state index in [4.69, 9.17) is 0 Å². The van der Waals surface area contributed by atoms with E-state index in [1.165, 1.54) is 9.80 Å². The molecule has 192 valence electrons. The molecule has 1 aromatic carbocycles. The van der Waals surface area contributed by atoms with Crippen LogP contribution < -0.4 is 0 Å². The molecule has 0 fully saturated rings. The van der Waals surface area contributed by atoms with E-state index < -0.39 is 0 Å². The number of allylic oxidation sites excluding steroid dienone is 3. The molecule has 0 saturated carbocycles. The van der Waals surface area contributed by atoms with Crippen molar-refractivity contribution >= 4 is 23.5 Å². The van der Waals surface area contributed by atoms with Crippen LogP contribution in [0.2, 0.25) is 0 Å². The lowest BCUT2D eigenvalue weighted by atomic mass is 9.70. The predicted molar refractivity (Wildman–Crippen MR) is 156 cm³/mol. The van der Waals surface area contributed by atoms with E-state index in [2.05, 4.69) is 121 Å². The van der Waals surface area contributed by atoms with Crippen LogP contribution in [0.1, 0.15) is 114 Å². The minimum atomic E-state index is -0.117. The number of aromatic hydroxyl groups is 1. The van der Waals surface area contributed by atoms with Gasteiger partial charge in [0.05, 0.1) is 4.08 Å². The van der Waals surface area contributed by atoms with Gasteiger partial charge in [0.25, 0.3) is 0 Å². The Bertz CT molecular complexity index is 916. The molecule has 0 aromatic heterocycles. The van der Waals surface area contributed by atoms with Gasteiger partial charge in [0.15, 0.2) is 0 Å². The average Bonchev–Trinajstić information content (AvgIpc) is 2.58. The maximum absolute atomic E-state index is 11.1. The normalized spacial score (nSPS) is 18.6. The van der Waals surface area contributed by atoms with Crippen molar-refractivity contribution in [3.05, 3.63) is 45.9 Å². The number of phenolic OH excluding ortho intramolecular Hbond substituents is 1. The first-order chi connectivity index (χ1) is 15.0. The summed E-state index contributed by atoms with van der Waals surface area (Å²) >= 11 is 3.88. The molecule has 1 aliphatic rings. The fourth-order valence-electron chi connectivity index (χ4n) is 4.31. The summed E-state index contributed by atoms with van der Waals surface area (Å²) in [6.07, 6.45) is 6.11. The first-order valence-electron chi connectivity index (χ1n) is 12.7. The second kappa shape index (κ2) is 9.58. The number of hydrogen-bond acceptors (Lipinski definition) is 3. The van der Waals surface area contributed by atoms with Gasteiger partial charge in [-0.25, -0.2) is 0 Å². The van der Waals surface area contributed by atoms with E-state index in [-0.39, 0.29) is 25.7 Å². The van der Waals surface area contributed by atoms with Crippen LogP contribution in [0.25, 0.3) is 0 Å². The van der Waals surface area contributed by atoms with Crippen LogP contribution in [0.15, 0.2) is 39.7 Å². The lowest BCUT2D eigenvalue weighted by Gasteiger charge is -2.37. The summed E-state index contributed by atoms with van der Waals surface area (Å²) in [6, 6.07) is 4.42. The number of hydrogen-bond donors (Lipinski definition) is 1. The molecule has 1 atom stereocenters. The summed E-state index contributed by atoms with van der Waals surface area (Å²) in [7, 11) is 0. The van der Waals surface area contributed by atoms with Crippen LogP contribution in [0, 0.1) is 16.7 Å². The highest BCUT2D eigenvalue weighted by atomic mass is 32.2. The van der Waals surface area contributed by atoms with E-state index in [0.717, 1.165) is 17.5 Å². The smallest absolute Gasteiger partial charge is 0.123 e.